The highest BCUT2D eigenvalue weighted by atomic mass is 16.5. The highest BCUT2D eigenvalue weighted by molar-refractivity contribution is 6.06. The highest BCUT2D eigenvalue weighted by Gasteiger charge is 2.14. The van der Waals surface area contributed by atoms with Crippen LogP contribution in [0.3, 0.4) is 0 Å². The minimum Gasteiger partial charge on any atom is -0.385 e. The number of hydrogen-bond donors (Lipinski definition) is 3. The number of nitrogens with one attached hydrogen (secondary N) is 3. The number of benzene rings is 1. The summed E-state index contributed by atoms with van der Waals surface area (Å²) in [5.41, 5.74) is 5.23. The summed E-state index contributed by atoms with van der Waals surface area (Å²) >= 11 is 0. The molecule has 11 heteroatoms. The number of anilines is 2. The predicted octanol–water partition coefficient (Wildman–Crippen LogP) is 2.17. The molecule has 2 heterocycles. The SMILES string of the molecule is COCCCN(CCNC=O)c1ccc(C(=O)N/C2=N/N(C)Nc3ccccc3N=CCC2)cn1. The van der Waals surface area contributed by atoms with Crippen LogP contribution in [-0.2, 0) is 9.53 Å². The first-order valence-electron chi connectivity index (χ1n) is 11.5. The van der Waals surface area contributed by atoms with E-state index in [9.17, 15) is 9.59 Å². The van der Waals surface area contributed by atoms with Crippen LogP contribution in [0.1, 0.15) is 29.6 Å². The Morgan fingerprint density at radius 1 is 1.26 bits per heavy atom. The van der Waals surface area contributed by atoms with E-state index in [2.05, 4.69) is 31.1 Å². The lowest BCUT2D eigenvalue weighted by Gasteiger charge is -2.23. The smallest absolute Gasteiger partial charge is 0.258 e. The number of hydrogen-bond acceptors (Lipinski definition) is 9. The molecular formula is C24H32N8O3. The third-order valence-corrected chi connectivity index (χ3v) is 5.18. The summed E-state index contributed by atoms with van der Waals surface area (Å²) in [5.74, 6) is 0.945. The minimum absolute atomic E-state index is 0.292. The molecule has 0 saturated heterocycles. The van der Waals surface area contributed by atoms with Crippen LogP contribution in [0.4, 0.5) is 17.2 Å². The van der Waals surface area contributed by atoms with Crippen molar-refractivity contribution in [2.24, 2.45) is 10.1 Å². The van der Waals surface area contributed by atoms with Gasteiger partial charge in [-0.25, -0.2) is 10.1 Å². The molecule has 2 amide bonds. The van der Waals surface area contributed by atoms with Gasteiger partial charge < -0.3 is 20.3 Å². The first kappa shape index (κ1) is 25.6. The zero-order valence-electron chi connectivity index (χ0n) is 20.1. The molecule has 186 valence electrons. The van der Waals surface area contributed by atoms with Crippen LogP contribution in [-0.4, -0.2) is 74.9 Å². The fourth-order valence-corrected chi connectivity index (χ4v) is 3.47. The van der Waals surface area contributed by atoms with Crippen molar-refractivity contribution in [3.63, 3.8) is 0 Å². The molecule has 0 aliphatic carbocycles. The predicted molar refractivity (Wildman–Crippen MR) is 137 cm³/mol. The van der Waals surface area contributed by atoms with Crippen molar-refractivity contribution in [2.75, 3.05) is 50.7 Å². The fraction of sp³-hybridized carbons (Fsp3) is 0.375. The summed E-state index contributed by atoms with van der Waals surface area (Å²) in [7, 11) is 3.43. The van der Waals surface area contributed by atoms with Crippen molar-refractivity contribution in [3.8, 4) is 0 Å². The maximum Gasteiger partial charge on any atom is 0.258 e. The molecule has 0 atom stereocenters. The molecule has 3 rings (SSSR count). The van der Waals surface area contributed by atoms with Crippen molar-refractivity contribution < 1.29 is 14.3 Å². The van der Waals surface area contributed by atoms with Gasteiger partial charge >= 0.3 is 0 Å². The van der Waals surface area contributed by atoms with Crippen molar-refractivity contribution in [3.05, 3.63) is 48.2 Å². The average molecular weight is 481 g/mol. The molecule has 1 aromatic heterocycles. The van der Waals surface area contributed by atoms with Crippen LogP contribution >= 0.6 is 0 Å². The number of amides is 2. The molecular weight excluding hydrogens is 448 g/mol. The number of carbonyl (C=O) groups excluding carboxylic acids is 2. The van der Waals surface area contributed by atoms with E-state index in [4.69, 9.17) is 4.74 Å². The lowest BCUT2D eigenvalue weighted by atomic mass is 10.2. The number of aromatic nitrogens is 1. The number of nitrogens with zero attached hydrogens (tertiary/aromatic N) is 5. The normalized spacial score (nSPS) is 14.7. The van der Waals surface area contributed by atoms with Crippen molar-refractivity contribution in [1.82, 2.24) is 20.7 Å². The van der Waals surface area contributed by atoms with Crippen molar-refractivity contribution in [1.29, 1.82) is 0 Å². The van der Waals surface area contributed by atoms with E-state index >= 15 is 0 Å². The molecule has 1 aliphatic rings. The molecule has 3 N–H and O–H groups in total. The highest BCUT2D eigenvalue weighted by Crippen LogP contribution is 2.24. The van der Waals surface area contributed by atoms with Crippen LogP contribution in [0.15, 0.2) is 52.7 Å². The van der Waals surface area contributed by atoms with E-state index in [0.29, 0.717) is 56.9 Å². The minimum atomic E-state index is -0.292. The van der Waals surface area contributed by atoms with Gasteiger partial charge in [0.15, 0.2) is 0 Å². The zero-order chi connectivity index (χ0) is 24.9. The number of amidine groups is 1. The van der Waals surface area contributed by atoms with Crippen LogP contribution < -0.4 is 21.0 Å². The first-order valence-corrected chi connectivity index (χ1v) is 11.5. The Morgan fingerprint density at radius 3 is 2.89 bits per heavy atom. The third-order valence-electron chi connectivity index (χ3n) is 5.18. The molecule has 0 spiro atoms. The van der Waals surface area contributed by atoms with Gasteiger partial charge in [0.05, 0.1) is 16.9 Å². The third kappa shape index (κ3) is 8.07. The standard InChI is InChI=1S/C24H32N8O3/c1-31-29-21-8-4-3-7-20(21)26-12-5-9-22(30-31)28-24(34)19-10-11-23(27-17-19)32(14-6-16-35-2)15-13-25-18-33/h3-4,7-8,10-12,17-18,29H,5-6,9,13-16H2,1-2H3,(H,25,33)(H,28,30,34). The number of hydrazine groups is 1. The van der Waals surface area contributed by atoms with Crippen LogP contribution in [0.5, 0.6) is 0 Å². The fourth-order valence-electron chi connectivity index (χ4n) is 3.47. The first-order chi connectivity index (χ1) is 17.1. The monoisotopic (exact) mass is 480 g/mol. The van der Waals surface area contributed by atoms with Gasteiger partial charge in [-0.15, -0.1) is 5.10 Å². The lowest BCUT2D eigenvalue weighted by molar-refractivity contribution is -0.109. The van der Waals surface area contributed by atoms with Gasteiger partial charge in [0, 0.05) is 59.2 Å². The number of aliphatic imine (C=N–C) groups is 1. The molecule has 35 heavy (non-hydrogen) atoms. The van der Waals surface area contributed by atoms with Crippen LogP contribution in [0, 0.1) is 0 Å². The number of para-hydroxylation sites is 2. The van der Waals surface area contributed by atoms with E-state index in [1.54, 1.807) is 37.6 Å². The lowest BCUT2D eigenvalue weighted by Crippen LogP contribution is -2.35. The van der Waals surface area contributed by atoms with E-state index < -0.39 is 0 Å². The largest absolute Gasteiger partial charge is 0.385 e. The quantitative estimate of drug-likeness (QED) is 0.352. The number of carbonyl (C=O) groups is 2. The Bertz CT molecular complexity index is 1030. The van der Waals surface area contributed by atoms with E-state index in [0.717, 1.165) is 23.6 Å². The maximum atomic E-state index is 12.9. The number of methoxy groups -OCH3 is 1. The van der Waals surface area contributed by atoms with Crippen LogP contribution in [0.25, 0.3) is 0 Å². The van der Waals surface area contributed by atoms with Crippen LogP contribution in [0.2, 0.25) is 0 Å². The maximum absolute atomic E-state index is 12.9. The van der Waals surface area contributed by atoms with E-state index in [1.807, 2.05) is 35.4 Å². The number of fused-ring (bicyclic) bond motifs is 1. The van der Waals surface area contributed by atoms with Gasteiger partial charge in [0.2, 0.25) is 6.41 Å². The van der Waals surface area contributed by atoms with Gasteiger partial charge in [0.25, 0.3) is 5.91 Å². The average Bonchev–Trinajstić information content (AvgIpc) is 2.86. The molecule has 2 aromatic rings. The Balaban J connectivity index is 1.66. The van der Waals surface area contributed by atoms with E-state index in [1.165, 1.54) is 0 Å². The number of rotatable bonds is 10. The molecule has 1 aliphatic heterocycles. The Kier molecular flexibility index (Phi) is 10.00. The number of pyridine rings is 1. The molecule has 1 aromatic carbocycles. The molecule has 0 saturated carbocycles. The number of ether oxygens (including phenoxy) is 1. The van der Waals surface area contributed by atoms with Gasteiger partial charge in [-0.3, -0.25) is 20.0 Å². The zero-order valence-corrected chi connectivity index (χ0v) is 20.1. The molecule has 0 radical (unpaired) electrons. The summed E-state index contributed by atoms with van der Waals surface area (Å²) in [6.45, 7) is 2.44. The van der Waals surface area contributed by atoms with Gasteiger partial charge in [-0.2, -0.15) is 0 Å². The summed E-state index contributed by atoms with van der Waals surface area (Å²) in [4.78, 5) is 34.5. The number of hydrazone groups is 1. The molecule has 0 fully saturated rings. The van der Waals surface area contributed by atoms with Crippen molar-refractivity contribution >= 4 is 41.6 Å². The molecule has 0 bridgehead atoms. The Hall–Kier alpha value is -3.99. The van der Waals surface area contributed by atoms with Crippen molar-refractivity contribution in [2.45, 2.75) is 19.3 Å². The molecule has 11 nitrogen and oxygen atoms in total. The topological polar surface area (TPSA) is 124 Å². The Morgan fingerprint density at radius 2 is 2.11 bits per heavy atom. The summed E-state index contributed by atoms with van der Waals surface area (Å²) in [5, 5.41) is 11.6. The second-order valence-electron chi connectivity index (χ2n) is 7.81. The van der Waals surface area contributed by atoms with Gasteiger partial charge in [-0.1, -0.05) is 12.1 Å². The summed E-state index contributed by atoms with van der Waals surface area (Å²) < 4.78 is 5.13. The van der Waals surface area contributed by atoms with Gasteiger partial charge in [0.1, 0.15) is 11.7 Å². The second-order valence-corrected chi connectivity index (χ2v) is 7.81. The van der Waals surface area contributed by atoms with Gasteiger partial charge in [-0.05, 0) is 37.1 Å². The summed E-state index contributed by atoms with van der Waals surface area (Å²) in [6.07, 6.45) is 6.00. The molecule has 0 unspecified atom stereocenters. The van der Waals surface area contributed by atoms with E-state index in [-0.39, 0.29) is 5.91 Å². The second kappa shape index (κ2) is 13.7. The summed E-state index contributed by atoms with van der Waals surface area (Å²) in [6, 6.07) is 11.2. The Labute approximate surface area is 205 Å².